The van der Waals surface area contributed by atoms with Crippen LogP contribution in [0.4, 0.5) is 5.69 Å². The fourth-order valence-electron chi connectivity index (χ4n) is 2.72. The summed E-state index contributed by atoms with van der Waals surface area (Å²) < 4.78 is 43.7. The molecule has 2 aromatic rings. The van der Waals surface area contributed by atoms with Gasteiger partial charge in [-0.25, -0.2) is 8.42 Å². The van der Waals surface area contributed by atoms with Crippen molar-refractivity contribution in [2.45, 2.75) is 11.8 Å². The summed E-state index contributed by atoms with van der Waals surface area (Å²) in [6.45, 7) is 3.27. The number of nitrogens with zero attached hydrogens (tertiary/aromatic N) is 2. The lowest BCUT2D eigenvalue weighted by Gasteiger charge is -2.26. The molecule has 1 aliphatic rings. The normalized spacial score (nSPS) is 15.2. The number of benzene rings is 2. The van der Waals surface area contributed by atoms with Crippen LogP contribution in [0.1, 0.15) is 6.92 Å². The van der Waals surface area contributed by atoms with Gasteiger partial charge in [-0.05, 0) is 37.3 Å². The first kappa shape index (κ1) is 20.1. The molecule has 2 aromatic carbocycles. The Morgan fingerprint density at radius 1 is 1.11 bits per heavy atom. The molecule has 9 nitrogen and oxygen atoms in total. The van der Waals surface area contributed by atoms with Crippen molar-refractivity contribution in [2.75, 3.05) is 32.9 Å². The predicted molar refractivity (Wildman–Crippen MR) is 100 cm³/mol. The van der Waals surface area contributed by atoms with Crippen LogP contribution in [0.5, 0.6) is 17.2 Å². The molecule has 1 saturated heterocycles. The van der Waals surface area contributed by atoms with Crippen LogP contribution < -0.4 is 9.47 Å². The van der Waals surface area contributed by atoms with Gasteiger partial charge in [0.05, 0.1) is 24.7 Å². The molecule has 0 aromatic heterocycles. The van der Waals surface area contributed by atoms with Gasteiger partial charge in [-0.3, -0.25) is 10.1 Å². The highest BCUT2D eigenvalue weighted by atomic mass is 32.2. The molecule has 0 bridgehead atoms. The maximum Gasteiger partial charge on any atom is 0.271 e. The molecule has 0 saturated carbocycles. The number of morpholine rings is 1. The Balaban J connectivity index is 1.97. The molecule has 10 heteroatoms. The molecular formula is C18H20N2O7S. The largest absolute Gasteiger partial charge is 0.494 e. The molecule has 0 unspecified atom stereocenters. The van der Waals surface area contributed by atoms with Gasteiger partial charge in [-0.1, -0.05) is 0 Å². The maximum atomic E-state index is 13.1. The van der Waals surface area contributed by atoms with Crippen molar-refractivity contribution >= 4 is 15.7 Å². The molecule has 1 aliphatic heterocycles. The summed E-state index contributed by atoms with van der Waals surface area (Å²) in [5.41, 5.74) is -0.328. The highest BCUT2D eigenvalue weighted by Gasteiger charge is 2.31. The van der Waals surface area contributed by atoms with Crippen molar-refractivity contribution in [3.8, 4) is 17.2 Å². The van der Waals surface area contributed by atoms with Crippen LogP contribution in [0, 0.1) is 10.1 Å². The molecule has 0 atom stereocenters. The molecular weight excluding hydrogens is 388 g/mol. The number of nitro groups is 1. The third-order valence-corrected chi connectivity index (χ3v) is 6.01. The second-order valence-corrected chi connectivity index (χ2v) is 7.82. The minimum Gasteiger partial charge on any atom is -0.494 e. The van der Waals surface area contributed by atoms with Crippen molar-refractivity contribution < 1.29 is 27.6 Å². The second kappa shape index (κ2) is 8.55. The van der Waals surface area contributed by atoms with Gasteiger partial charge in [-0.2, -0.15) is 4.31 Å². The lowest BCUT2D eigenvalue weighted by atomic mass is 10.3. The molecule has 0 radical (unpaired) electrons. The summed E-state index contributed by atoms with van der Waals surface area (Å²) >= 11 is 0. The van der Waals surface area contributed by atoms with E-state index in [0.717, 1.165) is 6.07 Å². The zero-order valence-corrected chi connectivity index (χ0v) is 16.1. The average Bonchev–Trinajstić information content (AvgIpc) is 2.70. The summed E-state index contributed by atoms with van der Waals surface area (Å²) in [4.78, 5) is 10.3. The van der Waals surface area contributed by atoms with E-state index < -0.39 is 14.9 Å². The van der Waals surface area contributed by atoms with E-state index in [1.165, 1.54) is 16.4 Å². The van der Waals surface area contributed by atoms with E-state index in [1.807, 2.05) is 6.92 Å². The first-order chi connectivity index (χ1) is 13.4. The lowest BCUT2D eigenvalue weighted by molar-refractivity contribution is -0.385. The molecule has 1 fully saturated rings. The molecule has 0 aliphatic carbocycles. The number of nitro benzene ring substituents is 1. The van der Waals surface area contributed by atoms with Gasteiger partial charge < -0.3 is 14.2 Å². The maximum absolute atomic E-state index is 13.1. The smallest absolute Gasteiger partial charge is 0.271 e. The van der Waals surface area contributed by atoms with Crippen LogP contribution in [0.15, 0.2) is 47.4 Å². The Hall–Kier alpha value is -2.69. The first-order valence-electron chi connectivity index (χ1n) is 8.69. The summed E-state index contributed by atoms with van der Waals surface area (Å²) in [5, 5.41) is 11.1. The van der Waals surface area contributed by atoms with Gasteiger partial charge in [0.1, 0.15) is 22.1 Å². The molecule has 3 rings (SSSR count). The molecule has 0 N–H and O–H groups in total. The fourth-order valence-corrected chi connectivity index (χ4v) is 4.26. The summed E-state index contributed by atoms with van der Waals surface area (Å²) in [7, 11) is -3.99. The fraction of sp³-hybridized carbons (Fsp3) is 0.333. The monoisotopic (exact) mass is 408 g/mol. The van der Waals surface area contributed by atoms with Crippen molar-refractivity contribution in [1.82, 2.24) is 4.31 Å². The van der Waals surface area contributed by atoms with E-state index >= 15 is 0 Å². The van der Waals surface area contributed by atoms with Crippen LogP contribution >= 0.6 is 0 Å². The highest BCUT2D eigenvalue weighted by molar-refractivity contribution is 7.89. The molecule has 0 spiro atoms. The molecule has 150 valence electrons. The van der Waals surface area contributed by atoms with Gasteiger partial charge >= 0.3 is 0 Å². The Bertz CT molecular complexity index is 939. The van der Waals surface area contributed by atoms with E-state index in [0.29, 0.717) is 18.1 Å². The minimum atomic E-state index is -3.99. The van der Waals surface area contributed by atoms with Crippen molar-refractivity contribution in [3.63, 3.8) is 0 Å². The average molecular weight is 408 g/mol. The Kier molecular flexibility index (Phi) is 6.12. The minimum absolute atomic E-state index is 0.0150. The van der Waals surface area contributed by atoms with Crippen molar-refractivity contribution in [3.05, 3.63) is 52.6 Å². The standard InChI is InChI=1S/C18H20N2O7S/c1-2-26-15-4-6-16(7-5-15)27-17-8-3-14(20(21)22)13-18(17)28(23,24)19-9-11-25-12-10-19/h3-8,13H,2,9-12H2,1H3. The number of sulfonamides is 1. The molecule has 0 amide bonds. The lowest BCUT2D eigenvalue weighted by Crippen LogP contribution is -2.40. The number of rotatable bonds is 7. The second-order valence-electron chi connectivity index (χ2n) is 5.91. The summed E-state index contributed by atoms with van der Waals surface area (Å²) in [5.74, 6) is 1.05. The van der Waals surface area contributed by atoms with Gasteiger partial charge in [0.25, 0.3) is 5.69 Å². The van der Waals surface area contributed by atoms with E-state index in [-0.39, 0.29) is 42.6 Å². The van der Waals surface area contributed by atoms with Crippen LogP contribution in [0.25, 0.3) is 0 Å². The summed E-state index contributed by atoms with van der Waals surface area (Å²) in [6, 6.07) is 10.2. The van der Waals surface area contributed by atoms with Crippen LogP contribution in [-0.2, 0) is 14.8 Å². The number of ether oxygens (including phenoxy) is 3. The zero-order valence-electron chi connectivity index (χ0n) is 15.2. The third-order valence-electron chi connectivity index (χ3n) is 4.09. The van der Waals surface area contributed by atoms with E-state index in [2.05, 4.69) is 0 Å². The predicted octanol–water partition coefficient (Wildman–Crippen LogP) is 2.81. The van der Waals surface area contributed by atoms with E-state index in [1.54, 1.807) is 24.3 Å². The third kappa shape index (κ3) is 4.41. The quantitative estimate of drug-likeness (QED) is 0.512. The van der Waals surface area contributed by atoms with Gasteiger partial charge in [0.15, 0.2) is 0 Å². The van der Waals surface area contributed by atoms with Crippen LogP contribution in [0.3, 0.4) is 0 Å². The van der Waals surface area contributed by atoms with Gasteiger partial charge in [-0.15, -0.1) is 0 Å². The van der Waals surface area contributed by atoms with E-state index in [9.17, 15) is 18.5 Å². The Morgan fingerprint density at radius 3 is 2.36 bits per heavy atom. The SMILES string of the molecule is CCOc1ccc(Oc2ccc([N+](=O)[O-])cc2S(=O)(=O)N2CCOCC2)cc1. The van der Waals surface area contributed by atoms with Gasteiger partial charge in [0.2, 0.25) is 10.0 Å². The summed E-state index contributed by atoms with van der Waals surface area (Å²) in [6.07, 6.45) is 0. The first-order valence-corrected chi connectivity index (χ1v) is 10.1. The highest BCUT2D eigenvalue weighted by Crippen LogP contribution is 2.34. The topological polar surface area (TPSA) is 108 Å². The van der Waals surface area contributed by atoms with Crippen LogP contribution in [-0.4, -0.2) is 50.6 Å². The van der Waals surface area contributed by atoms with Gasteiger partial charge in [0, 0.05) is 25.2 Å². The molecule has 1 heterocycles. The van der Waals surface area contributed by atoms with Crippen LogP contribution in [0.2, 0.25) is 0 Å². The number of hydrogen-bond acceptors (Lipinski definition) is 7. The number of hydrogen-bond donors (Lipinski definition) is 0. The Labute approximate surface area is 162 Å². The Morgan fingerprint density at radius 2 is 1.75 bits per heavy atom. The molecule has 28 heavy (non-hydrogen) atoms. The number of non-ortho nitro benzene ring substituents is 1. The van der Waals surface area contributed by atoms with Crippen molar-refractivity contribution in [2.24, 2.45) is 0 Å². The van der Waals surface area contributed by atoms with E-state index in [4.69, 9.17) is 14.2 Å². The zero-order chi connectivity index (χ0) is 20.1. The van der Waals surface area contributed by atoms with Crippen molar-refractivity contribution in [1.29, 1.82) is 0 Å².